The van der Waals surface area contributed by atoms with Crippen molar-refractivity contribution < 1.29 is 24.3 Å². The molecule has 7 nitrogen and oxygen atoms in total. The monoisotopic (exact) mass is 240 g/mol. The van der Waals surface area contributed by atoms with Gasteiger partial charge in [-0.15, -0.1) is 0 Å². The van der Waals surface area contributed by atoms with Gasteiger partial charge in [0.25, 0.3) is 5.91 Å². The first-order valence-corrected chi connectivity index (χ1v) is 4.62. The summed E-state index contributed by atoms with van der Waals surface area (Å²) in [6, 6.07) is 4.45. The maximum atomic E-state index is 11.6. The summed E-state index contributed by atoms with van der Waals surface area (Å²) in [7, 11) is 1.39. The van der Waals surface area contributed by atoms with Crippen molar-refractivity contribution in [2.75, 3.05) is 19.5 Å². The van der Waals surface area contributed by atoms with Crippen LogP contribution < -0.4 is 16.0 Å². The first kappa shape index (κ1) is 12.8. The number of methoxy groups -OCH3 is 1. The molecule has 0 heterocycles. The van der Waals surface area contributed by atoms with Gasteiger partial charge < -0.3 is 15.6 Å². The maximum absolute atomic E-state index is 11.6. The van der Waals surface area contributed by atoms with Gasteiger partial charge in [0.1, 0.15) is 5.75 Å². The van der Waals surface area contributed by atoms with Gasteiger partial charge in [-0.25, -0.2) is 10.3 Å². The number of carboxylic acids is 1. The fraction of sp³-hybridized carbons (Fsp3) is 0.200. The third-order valence-electron chi connectivity index (χ3n) is 1.83. The molecule has 0 unspecified atom stereocenters. The van der Waals surface area contributed by atoms with E-state index in [-0.39, 0.29) is 11.3 Å². The Morgan fingerprint density at radius 1 is 1.47 bits per heavy atom. The lowest BCUT2D eigenvalue weighted by Crippen LogP contribution is -2.27. The number of nitrogens with one attached hydrogen (secondary N) is 1. The van der Waals surface area contributed by atoms with Gasteiger partial charge in [-0.05, 0) is 12.1 Å². The normalized spacial score (nSPS) is 9.71. The molecule has 0 atom stereocenters. The molecule has 0 bridgehead atoms. The van der Waals surface area contributed by atoms with Crippen molar-refractivity contribution in [3.8, 4) is 5.75 Å². The number of anilines is 1. The van der Waals surface area contributed by atoms with Gasteiger partial charge in [0, 0.05) is 11.8 Å². The van der Waals surface area contributed by atoms with E-state index in [4.69, 9.17) is 15.6 Å². The Morgan fingerprint density at radius 3 is 2.76 bits per heavy atom. The number of ether oxygens (including phenoxy) is 1. The topological polar surface area (TPSA) is 111 Å². The predicted octanol–water partition coefficient (Wildman–Crippen LogP) is 0.0234. The highest BCUT2D eigenvalue weighted by atomic mass is 16.7. The molecule has 0 radical (unpaired) electrons. The SMILES string of the molecule is COc1cc(N)ccc1C(=O)NOCC(=O)O. The summed E-state index contributed by atoms with van der Waals surface area (Å²) in [5, 5.41) is 8.32. The van der Waals surface area contributed by atoms with Gasteiger partial charge in [0.2, 0.25) is 0 Å². The van der Waals surface area contributed by atoms with Gasteiger partial charge in [0.05, 0.1) is 12.7 Å². The Hall–Kier alpha value is -2.28. The van der Waals surface area contributed by atoms with Crippen molar-refractivity contribution in [2.45, 2.75) is 0 Å². The third-order valence-corrected chi connectivity index (χ3v) is 1.83. The fourth-order valence-corrected chi connectivity index (χ4v) is 1.11. The van der Waals surface area contributed by atoms with Crippen molar-refractivity contribution in [3.63, 3.8) is 0 Å². The van der Waals surface area contributed by atoms with E-state index >= 15 is 0 Å². The molecule has 1 aromatic carbocycles. The van der Waals surface area contributed by atoms with Crippen molar-refractivity contribution in [2.24, 2.45) is 0 Å². The van der Waals surface area contributed by atoms with Crippen molar-refractivity contribution >= 4 is 17.6 Å². The van der Waals surface area contributed by atoms with Gasteiger partial charge in [-0.1, -0.05) is 0 Å². The molecule has 0 saturated carbocycles. The minimum absolute atomic E-state index is 0.201. The molecule has 0 aliphatic carbocycles. The van der Waals surface area contributed by atoms with Gasteiger partial charge >= 0.3 is 5.97 Å². The van der Waals surface area contributed by atoms with E-state index < -0.39 is 18.5 Å². The minimum Gasteiger partial charge on any atom is -0.496 e. The molecule has 1 rings (SSSR count). The molecule has 0 aliphatic heterocycles. The quantitative estimate of drug-likeness (QED) is 0.494. The predicted molar refractivity (Wildman–Crippen MR) is 58.5 cm³/mol. The van der Waals surface area contributed by atoms with Crippen LogP contribution >= 0.6 is 0 Å². The summed E-state index contributed by atoms with van der Waals surface area (Å²) < 4.78 is 4.96. The Bertz CT molecular complexity index is 433. The summed E-state index contributed by atoms with van der Waals surface area (Å²) in [6.07, 6.45) is 0. The molecule has 92 valence electrons. The van der Waals surface area contributed by atoms with E-state index in [0.29, 0.717) is 5.69 Å². The lowest BCUT2D eigenvalue weighted by molar-refractivity contribution is -0.144. The molecule has 7 heteroatoms. The Balaban J connectivity index is 2.71. The number of hydrogen-bond acceptors (Lipinski definition) is 5. The highest BCUT2D eigenvalue weighted by molar-refractivity contribution is 5.96. The smallest absolute Gasteiger partial charge is 0.332 e. The third kappa shape index (κ3) is 3.65. The maximum Gasteiger partial charge on any atom is 0.332 e. The molecule has 0 saturated heterocycles. The molecule has 0 aromatic heterocycles. The highest BCUT2D eigenvalue weighted by Crippen LogP contribution is 2.21. The van der Waals surface area contributed by atoms with Crippen molar-refractivity contribution in [1.82, 2.24) is 5.48 Å². The zero-order valence-electron chi connectivity index (χ0n) is 9.10. The number of nitrogen functional groups attached to an aromatic ring is 1. The van der Waals surface area contributed by atoms with Crippen LogP contribution in [0.5, 0.6) is 5.75 Å². The average molecular weight is 240 g/mol. The second kappa shape index (κ2) is 5.71. The minimum atomic E-state index is -1.19. The molecular weight excluding hydrogens is 228 g/mol. The second-order valence-electron chi connectivity index (χ2n) is 3.07. The molecule has 4 N–H and O–H groups in total. The van der Waals surface area contributed by atoms with E-state index in [2.05, 4.69) is 4.84 Å². The number of aliphatic carboxylic acids is 1. The Morgan fingerprint density at radius 2 is 2.18 bits per heavy atom. The van der Waals surface area contributed by atoms with Crippen LogP contribution in [0.4, 0.5) is 5.69 Å². The summed E-state index contributed by atoms with van der Waals surface area (Å²) in [5.74, 6) is -1.51. The van der Waals surface area contributed by atoms with E-state index in [0.717, 1.165) is 0 Å². The summed E-state index contributed by atoms with van der Waals surface area (Å²) in [6.45, 7) is -0.622. The second-order valence-corrected chi connectivity index (χ2v) is 3.07. The zero-order chi connectivity index (χ0) is 12.8. The van der Waals surface area contributed by atoms with Crippen LogP contribution in [-0.4, -0.2) is 30.7 Å². The van der Waals surface area contributed by atoms with Crippen LogP contribution in [0.3, 0.4) is 0 Å². The molecule has 0 spiro atoms. The van der Waals surface area contributed by atoms with Crippen LogP contribution in [0, 0.1) is 0 Å². The number of carbonyl (C=O) groups is 2. The van der Waals surface area contributed by atoms with E-state index in [9.17, 15) is 9.59 Å². The molecule has 0 fully saturated rings. The lowest BCUT2D eigenvalue weighted by Gasteiger charge is -2.09. The van der Waals surface area contributed by atoms with E-state index in [1.807, 2.05) is 5.48 Å². The van der Waals surface area contributed by atoms with Crippen molar-refractivity contribution in [3.05, 3.63) is 23.8 Å². The standard InChI is InChI=1S/C10H12N2O5/c1-16-8-4-6(11)2-3-7(8)10(15)12-17-5-9(13)14/h2-4H,5,11H2,1H3,(H,12,15)(H,13,14). The van der Waals surface area contributed by atoms with Crippen LogP contribution in [0.25, 0.3) is 0 Å². The van der Waals surface area contributed by atoms with Crippen molar-refractivity contribution in [1.29, 1.82) is 0 Å². The lowest BCUT2D eigenvalue weighted by atomic mass is 10.2. The fourth-order valence-electron chi connectivity index (χ4n) is 1.11. The van der Waals surface area contributed by atoms with Gasteiger partial charge in [-0.3, -0.25) is 9.63 Å². The Kier molecular flexibility index (Phi) is 4.29. The number of carboxylic acid groups (broad SMARTS) is 1. The van der Waals surface area contributed by atoms with E-state index in [1.54, 1.807) is 0 Å². The molecule has 1 aromatic rings. The largest absolute Gasteiger partial charge is 0.496 e. The molecule has 0 aliphatic rings. The molecular formula is C10H12N2O5. The highest BCUT2D eigenvalue weighted by Gasteiger charge is 2.12. The van der Waals surface area contributed by atoms with E-state index in [1.165, 1.54) is 25.3 Å². The number of hydrogen-bond donors (Lipinski definition) is 3. The molecule has 17 heavy (non-hydrogen) atoms. The number of hydroxylamine groups is 1. The molecule has 1 amide bonds. The average Bonchev–Trinajstić information content (AvgIpc) is 2.28. The number of benzene rings is 1. The summed E-state index contributed by atoms with van der Waals surface area (Å²) >= 11 is 0. The van der Waals surface area contributed by atoms with Crippen LogP contribution in [0.2, 0.25) is 0 Å². The summed E-state index contributed by atoms with van der Waals surface area (Å²) in [4.78, 5) is 26.2. The number of rotatable bonds is 5. The van der Waals surface area contributed by atoms with Gasteiger partial charge in [0.15, 0.2) is 6.61 Å². The number of amides is 1. The van der Waals surface area contributed by atoms with Crippen LogP contribution in [0.15, 0.2) is 18.2 Å². The van der Waals surface area contributed by atoms with Crippen LogP contribution in [0.1, 0.15) is 10.4 Å². The zero-order valence-corrected chi connectivity index (χ0v) is 9.10. The van der Waals surface area contributed by atoms with Gasteiger partial charge in [-0.2, -0.15) is 0 Å². The number of carbonyl (C=O) groups excluding carboxylic acids is 1. The number of nitrogens with two attached hydrogens (primary N) is 1. The summed E-state index contributed by atoms with van der Waals surface area (Å²) in [5.41, 5.74) is 8.16. The first-order valence-electron chi connectivity index (χ1n) is 4.62. The Labute approximate surface area is 97.1 Å². The van der Waals surface area contributed by atoms with Crippen LogP contribution in [-0.2, 0) is 9.63 Å². The first-order chi connectivity index (χ1) is 8.04.